The minimum Gasteiger partial charge on any atom is -0.484 e. The zero-order valence-corrected chi connectivity index (χ0v) is 17.7. The van der Waals surface area contributed by atoms with Crippen molar-refractivity contribution in [1.29, 1.82) is 0 Å². The summed E-state index contributed by atoms with van der Waals surface area (Å²) in [5.74, 6) is -0.00939. The monoisotopic (exact) mass is 441 g/mol. The highest BCUT2D eigenvalue weighted by atomic mass is 35.5. The Bertz CT molecular complexity index is 1050. The van der Waals surface area contributed by atoms with Crippen molar-refractivity contribution in [1.82, 2.24) is 4.98 Å². The van der Waals surface area contributed by atoms with Crippen molar-refractivity contribution >= 4 is 45.4 Å². The van der Waals surface area contributed by atoms with Gasteiger partial charge in [-0.1, -0.05) is 11.6 Å². The first-order valence-electron chi connectivity index (χ1n) is 9.64. The summed E-state index contributed by atoms with van der Waals surface area (Å²) in [6.45, 7) is -0.159. The van der Waals surface area contributed by atoms with Crippen molar-refractivity contribution in [2.75, 3.05) is 17.2 Å². The molecule has 0 atom stereocenters. The van der Waals surface area contributed by atoms with E-state index in [1.54, 1.807) is 48.8 Å². The molecular weight excluding hydrogens is 422 g/mol. The minimum absolute atomic E-state index is 0.159. The fraction of sp³-hybridized carbons (Fsp3) is 0.227. The summed E-state index contributed by atoms with van der Waals surface area (Å²) in [7, 11) is 0. The molecule has 30 heavy (non-hydrogen) atoms. The van der Waals surface area contributed by atoms with Crippen molar-refractivity contribution in [2.45, 2.75) is 25.7 Å². The van der Waals surface area contributed by atoms with Gasteiger partial charge in [0.15, 0.2) is 6.61 Å². The smallest absolute Gasteiger partial charge is 0.262 e. The van der Waals surface area contributed by atoms with Crippen LogP contribution in [-0.4, -0.2) is 23.4 Å². The summed E-state index contributed by atoms with van der Waals surface area (Å²) in [5.41, 5.74) is 2.18. The summed E-state index contributed by atoms with van der Waals surface area (Å²) in [6, 6.07) is 10.3. The first kappa shape index (κ1) is 20.4. The zero-order valence-electron chi connectivity index (χ0n) is 16.1. The molecule has 1 aliphatic rings. The lowest BCUT2D eigenvalue weighted by Gasteiger charge is -2.13. The normalized spacial score (nSPS) is 12.7. The van der Waals surface area contributed by atoms with Gasteiger partial charge in [0.1, 0.15) is 10.8 Å². The zero-order chi connectivity index (χ0) is 20.9. The highest BCUT2D eigenvalue weighted by Crippen LogP contribution is 2.38. The Morgan fingerprint density at radius 1 is 1.10 bits per heavy atom. The molecule has 1 aliphatic carbocycles. The quantitative estimate of drug-likeness (QED) is 0.567. The molecule has 2 aromatic heterocycles. The van der Waals surface area contributed by atoms with Crippen LogP contribution in [0.4, 0.5) is 10.7 Å². The number of carbonyl (C=O) groups is 2. The van der Waals surface area contributed by atoms with Gasteiger partial charge in [-0.25, -0.2) is 0 Å². The van der Waals surface area contributed by atoms with Crippen LogP contribution in [0.3, 0.4) is 0 Å². The SMILES string of the molecule is O=C(COc1ccc(Cl)cc1)Nc1sc2c(c1C(=O)Nc1cccnc1)CCCC2. The van der Waals surface area contributed by atoms with Crippen LogP contribution in [0.15, 0.2) is 48.8 Å². The van der Waals surface area contributed by atoms with Crippen LogP contribution < -0.4 is 15.4 Å². The van der Waals surface area contributed by atoms with Gasteiger partial charge in [0, 0.05) is 16.1 Å². The number of anilines is 2. The van der Waals surface area contributed by atoms with Gasteiger partial charge in [0.05, 0.1) is 17.4 Å². The highest BCUT2D eigenvalue weighted by molar-refractivity contribution is 7.17. The van der Waals surface area contributed by atoms with Crippen LogP contribution in [0.5, 0.6) is 5.75 Å². The number of aromatic nitrogens is 1. The maximum Gasteiger partial charge on any atom is 0.262 e. The van der Waals surface area contributed by atoms with Crippen LogP contribution in [0.1, 0.15) is 33.6 Å². The van der Waals surface area contributed by atoms with Crippen LogP contribution >= 0.6 is 22.9 Å². The standard InChI is InChI=1S/C22H20ClN3O3S/c23-14-7-9-16(10-8-14)29-13-19(27)26-22-20(17-5-1-2-6-18(17)30-22)21(28)25-15-4-3-11-24-12-15/h3-4,7-12H,1-2,5-6,13H2,(H,25,28)(H,26,27). The molecule has 0 saturated heterocycles. The number of thiophene rings is 1. The van der Waals surface area contributed by atoms with Gasteiger partial charge in [-0.2, -0.15) is 0 Å². The molecule has 154 valence electrons. The van der Waals surface area contributed by atoms with Crippen molar-refractivity contribution in [2.24, 2.45) is 0 Å². The van der Waals surface area contributed by atoms with Gasteiger partial charge in [-0.05, 0) is 67.6 Å². The summed E-state index contributed by atoms with van der Waals surface area (Å²) in [4.78, 5) is 30.7. The molecule has 2 heterocycles. The van der Waals surface area contributed by atoms with Gasteiger partial charge < -0.3 is 15.4 Å². The average molecular weight is 442 g/mol. The van der Waals surface area contributed by atoms with E-state index in [4.69, 9.17) is 16.3 Å². The number of nitrogens with zero attached hydrogens (tertiary/aromatic N) is 1. The largest absolute Gasteiger partial charge is 0.484 e. The predicted octanol–water partition coefficient (Wildman–Crippen LogP) is 4.95. The second kappa shape index (κ2) is 9.28. The summed E-state index contributed by atoms with van der Waals surface area (Å²) in [5, 5.41) is 6.91. The number of aryl methyl sites for hydroxylation is 1. The van der Waals surface area contributed by atoms with Gasteiger partial charge in [-0.3, -0.25) is 14.6 Å². The summed E-state index contributed by atoms with van der Waals surface area (Å²) in [6.07, 6.45) is 7.11. The third-order valence-electron chi connectivity index (χ3n) is 4.75. The number of amides is 2. The van der Waals surface area contributed by atoms with Crippen LogP contribution in [0, 0.1) is 0 Å². The lowest BCUT2D eigenvalue weighted by molar-refractivity contribution is -0.118. The maximum absolute atomic E-state index is 13.0. The molecule has 0 bridgehead atoms. The second-order valence-corrected chi connectivity index (χ2v) is 8.44. The Balaban J connectivity index is 1.50. The van der Waals surface area contributed by atoms with E-state index >= 15 is 0 Å². The molecule has 1 aromatic carbocycles. The Morgan fingerprint density at radius 2 is 1.90 bits per heavy atom. The third kappa shape index (κ3) is 4.80. The average Bonchev–Trinajstić information content (AvgIpc) is 3.12. The molecule has 0 unspecified atom stereocenters. The van der Waals surface area contributed by atoms with Crippen molar-refractivity contribution in [3.63, 3.8) is 0 Å². The fourth-order valence-corrected chi connectivity index (χ4v) is 4.80. The highest BCUT2D eigenvalue weighted by Gasteiger charge is 2.26. The number of fused-ring (bicyclic) bond motifs is 1. The fourth-order valence-electron chi connectivity index (χ4n) is 3.37. The third-order valence-corrected chi connectivity index (χ3v) is 6.21. The second-order valence-electron chi connectivity index (χ2n) is 6.90. The molecule has 8 heteroatoms. The number of carbonyl (C=O) groups excluding carboxylic acids is 2. The number of hydrogen-bond acceptors (Lipinski definition) is 5. The lowest BCUT2D eigenvalue weighted by atomic mass is 9.95. The summed E-state index contributed by atoms with van der Waals surface area (Å²) >= 11 is 7.33. The molecule has 2 N–H and O–H groups in total. The number of rotatable bonds is 6. The van der Waals surface area contributed by atoms with Crippen molar-refractivity contribution in [3.8, 4) is 5.75 Å². The molecule has 0 saturated carbocycles. The van der Waals surface area contributed by atoms with Crippen LogP contribution in [0.2, 0.25) is 5.02 Å². The molecular formula is C22H20ClN3O3S. The van der Waals surface area contributed by atoms with E-state index in [1.807, 2.05) is 0 Å². The van der Waals surface area contributed by atoms with Crippen LogP contribution in [0.25, 0.3) is 0 Å². The topological polar surface area (TPSA) is 80.3 Å². The maximum atomic E-state index is 13.0. The number of ether oxygens (including phenoxy) is 1. The lowest BCUT2D eigenvalue weighted by Crippen LogP contribution is -2.22. The number of nitrogens with one attached hydrogen (secondary N) is 2. The van der Waals surface area contributed by atoms with E-state index in [9.17, 15) is 9.59 Å². The van der Waals surface area contributed by atoms with E-state index in [2.05, 4.69) is 15.6 Å². The molecule has 6 nitrogen and oxygen atoms in total. The van der Waals surface area contributed by atoms with Gasteiger partial charge in [-0.15, -0.1) is 11.3 Å². The first-order valence-corrected chi connectivity index (χ1v) is 10.8. The Labute approximate surface area is 183 Å². The van der Waals surface area contributed by atoms with E-state index < -0.39 is 0 Å². The van der Waals surface area contributed by atoms with E-state index in [1.165, 1.54) is 11.3 Å². The van der Waals surface area contributed by atoms with Crippen LogP contribution in [-0.2, 0) is 17.6 Å². The number of halogens is 1. The molecule has 3 aromatic rings. The Hall–Kier alpha value is -2.90. The predicted molar refractivity (Wildman–Crippen MR) is 119 cm³/mol. The van der Waals surface area contributed by atoms with Gasteiger partial charge in [0.2, 0.25) is 0 Å². The number of benzene rings is 1. The first-order chi connectivity index (χ1) is 14.6. The molecule has 0 fully saturated rings. The molecule has 4 rings (SSSR count). The Morgan fingerprint density at radius 3 is 2.67 bits per heavy atom. The van der Waals surface area contributed by atoms with Gasteiger partial charge >= 0.3 is 0 Å². The van der Waals surface area contributed by atoms with Gasteiger partial charge in [0.25, 0.3) is 11.8 Å². The van der Waals surface area contributed by atoms with E-state index in [0.29, 0.717) is 27.0 Å². The number of hydrogen-bond donors (Lipinski definition) is 2. The minimum atomic E-state index is -0.320. The number of pyridine rings is 1. The van der Waals surface area contributed by atoms with Crippen molar-refractivity contribution in [3.05, 3.63) is 69.8 Å². The molecule has 2 amide bonds. The molecule has 0 radical (unpaired) electrons. The molecule has 0 spiro atoms. The molecule has 0 aliphatic heterocycles. The van der Waals surface area contributed by atoms with E-state index in [-0.39, 0.29) is 18.4 Å². The van der Waals surface area contributed by atoms with E-state index in [0.717, 1.165) is 36.1 Å². The Kier molecular flexibility index (Phi) is 6.30. The van der Waals surface area contributed by atoms with Crippen molar-refractivity contribution < 1.29 is 14.3 Å². The summed E-state index contributed by atoms with van der Waals surface area (Å²) < 4.78 is 5.52.